The summed E-state index contributed by atoms with van der Waals surface area (Å²) in [5.74, 6) is 0. The summed E-state index contributed by atoms with van der Waals surface area (Å²) >= 11 is 0. The molecule has 1 saturated heterocycles. The van der Waals surface area contributed by atoms with Crippen molar-refractivity contribution in [1.29, 1.82) is 0 Å². The molecule has 2 atom stereocenters. The van der Waals surface area contributed by atoms with E-state index < -0.39 is 6.09 Å². The summed E-state index contributed by atoms with van der Waals surface area (Å²) in [5, 5.41) is 19.9. The zero-order valence-electron chi connectivity index (χ0n) is 8.85. The smallest absolute Gasteiger partial charge is 0.404 e. The van der Waals surface area contributed by atoms with Crippen molar-refractivity contribution in [3.63, 3.8) is 0 Å². The normalized spacial score (nSPS) is 27.6. The van der Waals surface area contributed by atoms with Gasteiger partial charge in [0, 0.05) is 26.7 Å². The average molecular weight is 218 g/mol. The number of amides is 1. The maximum absolute atomic E-state index is 10.5. The van der Waals surface area contributed by atoms with Gasteiger partial charge in [0.25, 0.3) is 0 Å². The van der Waals surface area contributed by atoms with E-state index >= 15 is 0 Å². The molecule has 0 saturated carbocycles. The van der Waals surface area contributed by atoms with Crippen molar-refractivity contribution in [3.05, 3.63) is 0 Å². The van der Waals surface area contributed by atoms with Gasteiger partial charge in [0.2, 0.25) is 0 Å². The Morgan fingerprint density at radius 3 is 2.93 bits per heavy atom. The number of aliphatic hydroxyl groups is 1. The van der Waals surface area contributed by atoms with E-state index in [1.54, 1.807) is 7.11 Å². The van der Waals surface area contributed by atoms with Crippen LogP contribution in [0.4, 0.5) is 4.79 Å². The van der Waals surface area contributed by atoms with Crippen LogP contribution >= 0.6 is 0 Å². The van der Waals surface area contributed by atoms with Crippen LogP contribution in [-0.2, 0) is 4.74 Å². The van der Waals surface area contributed by atoms with Crippen LogP contribution in [0.15, 0.2) is 0 Å². The summed E-state index contributed by atoms with van der Waals surface area (Å²) in [6, 6.07) is -0.151. The van der Waals surface area contributed by atoms with Gasteiger partial charge < -0.3 is 20.3 Å². The first-order valence-corrected chi connectivity index (χ1v) is 5.03. The number of hydrogen-bond donors (Lipinski definition) is 3. The number of ether oxygens (including phenoxy) is 1. The number of rotatable bonds is 4. The van der Waals surface area contributed by atoms with Gasteiger partial charge in [-0.25, -0.2) is 4.79 Å². The van der Waals surface area contributed by atoms with Crippen LogP contribution < -0.4 is 5.32 Å². The van der Waals surface area contributed by atoms with E-state index in [9.17, 15) is 4.79 Å². The molecule has 1 rings (SSSR count). The summed E-state index contributed by atoms with van der Waals surface area (Å²) in [5.41, 5.74) is 0. The van der Waals surface area contributed by atoms with Gasteiger partial charge in [0.05, 0.1) is 18.8 Å². The molecule has 1 amide bonds. The fraction of sp³-hybridized carbons (Fsp3) is 0.889. The summed E-state index contributed by atoms with van der Waals surface area (Å²) in [6.45, 7) is 2.17. The molecule has 1 aliphatic rings. The van der Waals surface area contributed by atoms with Crippen molar-refractivity contribution in [2.75, 3.05) is 33.4 Å². The molecule has 88 valence electrons. The minimum atomic E-state index is -1.02. The van der Waals surface area contributed by atoms with E-state index in [2.05, 4.69) is 10.2 Å². The van der Waals surface area contributed by atoms with Crippen molar-refractivity contribution < 1.29 is 19.7 Å². The second-order valence-electron chi connectivity index (χ2n) is 3.64. The standard InChI is InChI=1S/C9H18N2O4/c1-15-8-6-11(4-5-12)3-2-7(8)10-9(13)14/h7-8,10,12H,2-6H2,1H3,(H,13,14)/t7-,8-/m1/s1. The number of carboxylic acid groups (broad SMARTS) is 1. The largest absolute Gasteiger partial charge is 0.465 e. The predicted octanol–water partition coefficient (Wildman–Crippen LogP) is -0.664. The molecule has 0 aromatic rings. The molecule has 6 nitrogen and oxygen atoms in total. The van der Waals surface area contributed by atoms with Gasteiger partial charge in [0.1, 0.15) is 0 Å². The Bertz CT molecular complexity index is 212. The SMILES string of the molecule is CO[C@@H]1CN(CCO)CC[C@H]1NC(=O)O. The number of hydrogen-bond acceptors (Lipinski definition) is 4. The van der Waals surface area contributed by atoms with Gasteiger partial charge in [-0.3, -0.25) is 4.90 Å². The molecule has 1 heterocycles. The lowest BCUT2D eigenvalue weighted by Gasteiger charge is -2.37. The molecular formula is C9H18N2O4. The number of piperidine rings is 1. The van der Waals surface area contributed by atoms with Crippen LogP contribution in [0, 0.1) is 0 Å². The lowest BCUT2D eigenvalue weighted by Crippen LogP contribution is -2.54. The van der Waals surface area contributed by atoms with E-state index in [0.29, 0.717) is 19.5 Å². The highest BCUT2D eigenvalue weighted by Crippen LogP contribution is 2.13. The first-order valence-electron chi connectivity index (χ1n) is 5.03. The Hall–Kier alpha value is -0.850. The summed E-state index contributed by atoms with van der Waals surface area (Å²) < 4.78 is 5.23. The zero-order chi connectivity index (χ0) is 11.3. The average Bonchev–Trinajstić information content (AvgIpc) is 2.20. The second kappa shape index (κ2) is 5.89. The molecule has 0 aliphatic carbocycles. The molecule has 0 aromatic carbocycles. The van der Waals surface area contributed by atoms with Crippen molar-refractivity contribution in [1.82, 2.24) is 10.2 Å². The van der Waals surface area contributed by atoms with E-state index in [1.165, 1.54) is 0 Å². The molecule has 1 fully saturated rings. The summed E-state index contributed by atoms with van der Waals surface area (Å²) in [6.07, 6.45) is -0.441. The maximum Gasteiger partial charge on any atom is 0.404 e. The lowest BCUT2D eigenvalue weighted by molar-refractivity contribution is 0.00273. The summed E-state index contributed by atoms with van der Waals surface area (Å²) in [4.78, 5) is 12.6. The Kier molecular flexibility index (Phi) is 4.80. The third-order valence-electron chi connectivity index (χ3n) is 2.67. The molecule has 15 heavy (non-hydrogen) atoms. The Labute approximate surface area is 88.8 Å². The third-order valence-corrected chi connectivity index (χ3v) is 2.67. The van der Waals surface area contributed by atoms with Crippen molar-refractivity contribution in [2.24, 2.45) is 0 Å². The Balaban J connectivity index is 2.45. The molecule has 0 radical (unpaired) electrons. The quantitative estimate of drug-likeness (QED) is 0.583. The second-order valence-corrected chi connectivity index (χ2v) is 3.64. The van der Waals surface area contributed by atoms with E-state index in [4.69, 9.17) is 14.9 Å². The van der Waals surface area contributed by atoms with Crippen LogP contribution in [0.5, 0.6) is 0 Å². The van der Waals surface area contributed by atoms with Gasteiger partial charge in [-0.15, -0.1) is 0 Å². The number of carbonyl (C=O) groups is 1. The molecule has 1 aliphatic heterocycles. The lowest BCUT2D eigenvalue weighted by atomic mass is 10.0. The Morgan fingerprint density at radius 1 is 1.67 bits per heavy atom. The van der Waals surface area contributed by atoms with Gasteiger partial charge in [-0.1, -0.05) is 0 Å². The molecule has 0 unspecified atom stereocenters. The number of nitrogens with one attached hydrogen (secondary N) is 1. The van der Waals surface area contributed by atoms with Gasteiger partial charge in [-0.05, 0) is 6.42 Å². The van der Waals surface area contributed by atoms with Gasteiger partial charge in [0.15, 0.2) is 0 Å². The van der Waals surface area contributed by atoms with E-state index in [0.717, 1.165) is 6.54 Å². The maximum atomic E-state index is 10.5. The highest BCUT2D eigenvalue weighted by molar-refractivity contribution is 5.64. The third kappa shape index (κ3) is 3.65. The van der Waals surface area contributed by atoms with E-state index in [1.807, 2.05) is 0 Å². The van der Waals surface area contributed by atoms with Crippen LogP contribution in [0.2, 0.25) is 0 Å². The number of aliphatic hydroxyl groups excluding tert-OH is 1. The minimum Gasteiger partial charge on any atom is -0.465 e. The number of likely N-dealkylation sites (tertiary alicyclic amines) is 1. The number of nitrogens with zero attached hydrogens (tertiary/aromatic N) is 1. The van der Waals surface area contributed by atoms with Crippen LogP contribution in [-0.4, -0.2) is 66.7 Å². The van der Waals surface area contributed by atoms with Gasteiger partial charge in [-0.2, -0.15) is 0 Å². The number of β-amino-alcohol motifs (C(OH)–C–C–N with tert-alkyl or cyclic N) is 1. The monoisotopic (exact) mass is 218 g/mol. The molecule has 6 heteroatoms. The topological polar surface area (TPSA) is 82.0 Å². The zero-order valence-corrected chi connectivity index (χ0v) is 8.85. The van der Waals surface area contributed by atoms with Crippen LogP contribution in [0.25, 0.3) is 0 Å². The first kappa shape index (κ1) is 12.2. The van der Waals surface area contributed by atoms with E-state index in [-0.39, 0.29) is 18.8 Å². The minimum absolute atomic E-state index is 0.119. The molecule has 0 aromatic heterocycles. The van der Waals surface area contributed by atoms with Crippen molar-refractivity contribution >= 4 is 6.09 Å². The van der Waals surface area contributed by atoms with Crippen LogP contribution in [0.3, 0.4) is 0 Å². The molecule has 0 bridgehead atoms. The van der Waals surface area contributed by atoms with Crippen molar-refractivity contribution in [2.45, 2.75) is 18.6 Å². The fourth-order valence-corrected chi connectivity index (χ4v) is 1.89. The molecular weight excluding hydrogens is 200 g/mol. The Morgan fingerprint density at radius 2 is 2.40 bits per heavy atom. The van der Waals surface area contributed by atoms with Gasteiger partial charge >= 0.3 is 6.09 Å². The van der Waals surface area contributed by atoms with Crippen molar-refractivity contribution in [3.8, 4) is 0 Å². The van der Waals surface area contributed by atoms with Crippen LogP contribution in [0.1, 0.15) is 6.42 Å². The highest BCUT2D eigenvalue weighted by atomic mass is 16.5. The molecule has 0 spiro atoms. The first-order chi connectivity index (χ1) is 7.17. The summed E-state index contributed by atoms with van der Waals surface area (Å²) in [7, 11) is 1.57. The predicted molar refractivity (Wildman–Crippen MR) is 53.9 cm³/mol. The fourth-order valence-electron chi connectivity index (χ4n) is 1.89. The highest BCUT2D eigenvalue weighted by Gasteiger charge is 2.29. The number of methoxy groups -OCH3 is 1. The molecule has 3 N–H and O–H groups in total.